The Labute approximate surface area is 227 Å². The molecule has 0 spiro atoms. The molecule has 1 unspecified atom stereocenters. The average molecular weight is 542 g/mol. The lowest BCUT2D eigenvalue weighted by atomic mass is 9.98. The molecule has 0 saturated carbocycles. The summed E-state index contributed by atoms with van der Waals surface area (Å²) in [6, 6.07) is 11.9. The first-order chi connectivity index (χ1) is 19.3. The van der Waals surface area contributed by atoms with Gasteiger partial charge in [-0.25, -0.2) is 19.3 Å². The van der Waals surface area contributed by atoms with Gasteiger partial charge in [0, 0.05) is 6.20 Å². The van der Waals surface area contributed by atoms with Gasteiger partial charge in [0.15, 0.2) is 0 Å². The molecule has 2 aromatic carbocycles. The van der Waals surface area contributed by atoms with Crippen LogP contribution in [0.25, 0.3) is 22.1 Å². The SMILES string of the molecule is COc1ncc(C(=N)c2c(N)ncnc2NC(C)c2oc3ccccc3c(=O)c2-c2cccc(F)c2)c(OC)n1. The van der Waals surface area contributed by atoms with Crippen molar-refractivity contribution in [1.29, 1.82) is 5.41 Å². The largest absolute Gasteiger partial charge is 0.480 e. The van der Waals surface area contributed by atoms with Gasteiger partial charge in [-0.2, -0.15) is 4.98 Å². The lowest BCUT2D eigenvalue weighted by molar-refractivity contribution is 0.351. The second-order valence-electron chi connectivity index (χ2n) is 8.68. The number of methoxy groups -OCH3 is 2. The third kappa shape index (κ3) is 4.77. The molecule has 202 valence electrons. The van der Waals surface area contributed by atoms with Crippen LogP contribution < -0.4 is 26.0 Å². The number of fused-ring (bicyclic) bond motifs is 1. The molecule has 0 aliphatic rings. The summed E-state index contributed by atoms with van der Waals surface area (Å²) in [7, 11) is 2.82. The summed E-state index contributed by atoms with van der Waals surface area (Å²) >= 11 is 0. The van der Waals surface area contributed by atoms with Crippen LogP contribution in [0.5, 0.6) is 11.9 Å². The predicted octanol–water partition coefficient (Wildman–Crippen LogP) is 4.37. The Morgan fingerprint density at radius 3 is 2.65 bits per heavy atom. The molecule has 0 saturated heterocycles. The van der Waals surface area contributed by atoms with Gasteiger partial charge in [0.25, 0.3) is 0 Å². The molecule has 0 fully saturated rings. The van der Waals surface area contributed by atoms with Crippen molar-refractivity contribution in [2.75, 3.05) is 25.3 Å². The summed E-state index contributed by atoms with van der Waals surface area (Å²) in [5, 5.41) is 12.4. The van der Waals surface area contributed by atoms with Crippen LogP contribution in [0, 0.1) is 11.2 Å². The first kappa shape index (κ1) is 26.2. The zero-order valence-corrected chi connectivity index (χ0v) is 21.7. The standard InChI is InChI=1S/C28H24FN7O4/c1-14(24-20(15-7-6-8-16(29)11-15)23(37)17-9-4-5-10-19(17)40-24)35-26-21(25(31)33-13-34-26)22(30)18-12-32-28(39-3)36-27(18)38-2/h4-14,30H,1-3H3,(H3,31,33,34,35). The summed E-state index contributed by atoms with van der Waals surface area (Å²) in [6.07, 6.45) is 2.62. The number of benzene rings is 2. The van der Waals surface area contributed by atoms with E-state index in [-0.39, 0.29) is 57.1 Å². The van der Waals surface area contributed by atoms with Crippen LogP contribution in [-0.4, -0.2) is 39.9 Å². The fraction of sp³-hybridized carbons (Fsp3) is 0.143. The molecule has 12 heteroatoms. The number of hydrogen-bond acceptors (Lipinski definition) is 11. The normalized spacial score (nSPS) is 11.7. The highest BCUT2D eigenvalue weighted by Crippen LogP contribution is 2.33. The van der Waals surface area contributed by atoms with E-state index < -0.39 is 11.9 Å². The highest BCUT2D eigenvalue weighted by atomic mass is 19.1. The van der Waals surface area contributed by atoms with Gasteiger partial charge >= 0.3 is 6.01 Å². The third-order valence-corrected chi connectivity index (χ3v) is 6.19. The number of aromatic nitrogens is 4. The number of rotatable bonds is 8. The van der Waals surface area contributed by atoms with Gasteiger partial charge < -0.3 is 24.9 Å². The molecular weight excluding hydrogens is 517 g/mol. The second kappa shape index (κ2) is 10.8. The summed E-state index contributed by atoms with van der Waals surface area (Å²) < 4.78 is 30.8. The molecular formula is C28H24FN7O4. The molecule has 40 heavy (non-hydrogen) atoms. The van der Waals surface area contributed by atoms with Crippen LogP contribution >= 0.6 is 0 Å². The van der Waals surface area contributed by atoms with E-state index in [1.54, 1.807) is 37.3 Å². The summed E-state index contributed by atoms with van der Waals surface area (Å²) in [4.78, 5) is 30.2. The minimum Gasteiger partial charge on any atom is -0.480 e. The Hall–Kier alpha value is -5.39. The molecule has 0 amide bonds. The first-order valence-electron chi connectivity index (χ1n) is 12.0. The van der Waals surface area contributed by atoms with E-state index in [9.17, 15) is 9.18 Å². The number of nitrogens with one attached hydrogen (secondary N) is 2. The van der Waals surface area contributed by atoms with Crippen molar-refractivity contribution in [2.45, 2.75) is 13.0 Å². The quantitative estimate of drug-likeness (QED) is 0.241. The summed E-state index contributed by atoms with van der Waals surface area (Å²) in [5.74, 6) is 0.0377. The van der Waals surface area contributed by atoms with E-state index in [1.807, 2.05) is 0 Å². The zero-order chi connectivity index (χ0) is 28.4. The highest BCUT2D eigenvalue weighted by Gasteiger charge is 2.25. The minimum atomic E-state index is -0.689. The number of ether oxygens (including phenoxy) is 2. The number of para-hydroxylation sites is 1. The lowest BCUT2D eigenvalue weighted by Gasteiger charge is -2.20. The topological polar surface area (TPSA) is 162 Å². The Balaban J connectivity index is 1.62. The van der Waals surface area contributed by atoms with Gasteiger partial charge in [-0.05, 0) is 36.8 Å². The third-order valence-electron chi connectivity index (χ3n) is 6.19. The molecule has 0 aliphatic heterocycles. The maximum absolute atomic E-state index is 14.2. The molecule has 5 aromatic rings. The Kier molecular flexibility index (Phi) is 7.06. The fourth-order valence-corrected chi connectivity index (χ4v) is 4.32. The van der Waals surface area contributed by atoms with Crippen molar-refractivity contribution >= 4 is 28.3 Å². The van der Waals surface area contributed by atoms with Crippen molar-refractivity contribution in [1.82, 2.24) is 19.9 Å². The smallest absolute Gasteiger partial charge is 0.319 e. The van der Waals surface area contributed by atoms with E-state index >= 15 is 0 Å². The van der Waals surface area contributed by atoms with E-state index in [0.29, 0.717) is 16.5 Å². The number of hydrogen-bond donors (Lipinski definition) is 3. The minimum absolute atomic E-state index is 0.0119. The summed E-state index contributed by atoms with van der Waals surface area (Å²) in [5.41, 5.74) is 7.07. The van der Waals surface area contributed by atoms with Crippen molar-refractivity contribution in [3.63, 3.8) is 0 Å². The molecule has 3 heterocycles. The maximum Gasteiger partial charge on any atom is 0.319 e. The van der Waals surface area contributed by atoms with Crippen LogP contribution in [0.2, 0.25) is 0 Å². The van der Waals surface area contributed by atoms with Crippen LogP contribution in [0.1, 0.15) is 29.9 Å². The molecule has 0 radical (unpaired) electrons. The maximum atomic E-state index is 14.2. The van der Waals surface area contributed by atoms with Crippen LogP contribution in [-0.2, 0) is 0 Å². The molecule has 11 nitrogen and oxygen atoms in total. The van der Waals surface area contributed by atoms with Crippen LogP contribution in [0.4, 0.5) is 16.0 Å². The number of nitrogens with zero attached hydrogens (tertiary/aromatic N) is 4. The van der Waals surface area contributed by atoms with Gasteiger partial charge in [0.1, 0.15) is 35.1 Å². The van der Waals surface area contributed by atoms with Crippen molar-refractivity contribution < 1.29 is 18.3 Å². The monoisotopic (exact) mass is 541 g/mol. The van der Waals surface area contributed by atoms with Crippen LogP contribution in [0.15, 0.2) is 70.3 Å². The van der Waals surface area contributed by atoms with Crippen molar-refractivity contribution in [3.8, 4) is 23.0 Å². The Morgan fingerprint density at radius 1 is 1.10 bits per heavy atom. The van der Waals surface area contributed by atoms with Gasteiger partial charge in [-0.3, -0.25) is 10.2 Å². The zero-order valence-electron chi connectivity index (χ0n) is 21.7. The van der Waals surface area contributed by atoms with E-state index in [0.717, 1.165) is 0 Å². The lowest BCUT2D eigenvalue weighted by Crippen LogP contribution is -2.19. The highest BCUT2D eigenvalue weighted by molar-refractivity contribution is 6.17. The van der Waals surface area contributed by atoms with Gasteiger partial charge in [0.05, 0.1) is 48.0 Å². The predicted molar refractivity (Wildman–Crippen MR) is 147 cm³/mol. The Bertz CT molecular complexity index is 1810. The van der Waals surface area contributed by atoms with Crippen molar-refractivity contribution in [2.24, 2.45) is 0 Å². The molecule has 0 aliphatic carbocycles. The van der Waals surface area contributed by atoms with Crippen molar-refractivity contribution in [3.05, 3.63) is 94.0 Å². The molecule has 3 aromatic heterocycles. The van der Waals surface area contributed by atoms with Gasteiger partial charge in [0.2, 0.25) is 11.3 Å². The molecule has 4 N–H and O–H groups in total. The fourth-order valence-electron chi connectivity index (χ4n) is 4.32. The second-order valence-corrected chi connectivity index (χ2v) is 8.68. The Morgan fingerprint density at radius 2 is 1.90 bits per heavy atom. The number of nitrogen functional groups attached to an aromatic ring is 1. The first-order valence-corrected chi connectivity index (χ1v) is 12.0. The number of halogens is 1. The van der Waals surface area contributed by atoms with E-state index in [4.69, 9.17) is 25.0 Å². The van der Waals surface area contributed by atoms with Gasteiger partial charge in [-0.1, -0.05) is 24.3 Å². The van der Waals surface area contributed by atoms with Gasteiger partial charge in [-0.15, -0.1) is 0 Å². The summed E-state index contributed by atoms with van der Waals surface area (Å²) in [6.45, 7) is 1.75. The molecule has 1 atom stereocenters. The van der Waals surface area contributed by atoms with E-state index in [1.165, 1.54) is 44.9 Å². The number of anilines is 2. The number of nitrogens with two attached hydrogens (primary N) is 1. The molecule has 5 rings (SSSR count). The van der Waals surface area contributed by atoms with Crippen LogP contribution in [0.3, 0.4) is 0 Å². The molecule has 0 bridgehead atoms. The van der Waals surface area contributed by atoms with E-state index in [2.05, 4.69) is 25.3 Å². The average Bonchev–Trinajstić information content (AvgIpc) is 2.96.